The lowest BCUT2D eigenvalue weighted by molar-refractivity contribution is 0.100. The molecule has 6 N–H and O–H groups in total. The molecule has 0 aliphatic rings. The molecule has 0 aromatic heterocycles. The quantitative estimate of drug-likeness (QED) is 0.427. The molecule has 0 saturated carbocycles. The average molecular weight is 178 g/mol. The van der Waals surface area contributed by atoms with Gasteiger partial charge in [0.15, 0.2) is 5.96 Å². The summed E-state index contributed by atoms with van der Waals surface area (Å²) >= 11 is 0. The lowest BCUT2D eigenvalue weighted by Gasteiger charge is -2.00. The van der Waals surface area contributed by atoms with E-state index in [0.29, 0.717) is 11.3 Å². The number of rotatable bonds is 2. The molecule has 0 radical (unpaired) electrons. The van der Waals surface area contributed by atoms with Crippen molar-refractivity contribution in [3.05, 3.63) is 29.8 Å². The molecule has 1 aromatic rings. The molecule has 1 aromatic carbocycles. The highest BCUT2D eigenvalue weighted by atomic mass is 16.1. The standard InChI is InChI=1S/C8H10N4O/c9-7(13)5-3-1-2-4-6(5)12-8(10)11/h1-4H,(H2,9,13)(H4,10,11,12). The van der Waals surface area contributed by atoms with Crippen LogP contribution >= 0.6 is 0 Å². The summed E-state index contributed by atoms with van der Waals surface area (Å²) in [5.41, 5.74) is 16.1. The van der Waals surface area contributed by atoms with E-state index >= 15 is 0 Å². The van der Waals surface area contributed by atoms with E-state index in [0.717, 1.165) is 0 Å². The van der Waals surface area contributed by atoms with E-state index < -0.39 is 5.91 Å². The first-order chi connectivity index (χ1) is 6.11. The molecule has 0 aliphatic carbocycles. The first kappa shape index (κ1) is 9.05. The van der Waals surface area contributed by atoms with Gasteiger partial charge in [-0.15, -0.1) is 0 Å². The Balaban J connectivity index is 3.20. The second-order valence-electron chi connectivity index (χ2n) is 2.42. The van der Waals surface area contributed by atoms with Crippen LogP contribution in [0.15, 0.2) is 29.3 Å². The van der Waals surface area contributed by atoms with E-state index in [1.54, 1.807) is 24.3 Å². The van der Waals surface area contributed by atoms with Gasteiger partial charge in [0.2, 0.25) is 0 Å². The van der Waals surface area contributed by atoms with Gasteiger partial charge < -0.3 is 17.2 Å². The predicted octanol–water partition coefficient (Wildman–Crippen LogP) is -0.310. The number of carbonyl (C=O) groups excluding carboxylic acids is 1. The van der Waals surface area contributed by atoms with Crippen LogP contribution in [0.4, 0.5) is 5.69 Å². The Labute approximate surface area is 75.2 Å². The maximum Gasteiger partial charge on any atom is 0.250 e. The smallest absolute Gasteiger partial charge is 0.250 e. The van der Waals surface area contributed by atoms with E-state index in [2.05, 4.69) is 4.99 Å². The molecule has 5 nitrogen and oxygen atoms in total. The van der Waals surface area contributed by atoms with Gasteiger partial charge in [-0.05, 0) is 12.1 Å². The van der Waals surface area contributed by atoms with Gasteiger partial charge in [-0.2, -0.15) is 0 Å². The van der Waals surface area contributed by atoms with Crippen molar-refractivity contribution in [2.24, 2.45) is 22.2 Å². The zero-order valence-electron chi connectivity index (χ0n) is 6.90. The second kappa shape index (κ2) is 3.57. The van der Waals surface area contributed by atoms with E-state index in [1.807, 2.05) is 0 Å². The summed E-state index contributed by atoms with van der Waals surface area (Å²) in [7, 11) is 0. The maximum atomic E-state index is 10.9. The van der Waals surface area contributed by atoms with Crippen molar-refractivity contribution in [1.82, 2.24) is 0 Å². The monoisotopic (exact) mass is 178 g/mol. The van der Waals surface area contributed by atoms with Crippen LogP contribution in [0.5, 0.6) is 0 Å². The van der Waals surface area contributed by atoms with Crippen LogP contribution in [0.2, 0.25) is 0 Å². The van der Waals surface area contributed by atoms with E-state index in [9.17, 15) is 4.79 Å². The summed E-state index contributed by atoms with van der Waals surface area (Å²) in [6.45, 7) is 0. The Bertz CT molecular complexity index is 355. The van der Waals surface area contributed by atoms with Gasteiger partial charge in [0.1, 0.15) is 0 Å². The highest BCUT2D eigenvalue weighted by Gasteiger charge is 2.05. The van der Waals surface area contributed by atoms with Crippen LogP contribution in [0, 0.1) is 0 Å². The van der Waals surface area contributed by atoms with E-state index in [1.165, 1.54) is 0 Å². The van der Waals surface area contributed by atoms with Crippen molar-refractivity contribution in [2.45, 2.75) is 0 Å². The Hall–Kier alpha value is -2.04. The van der Waals surface area contributed by atoms with Crippen molar-refractivity contribution in [2.75, 3.05) is 0 Å². The Morgan fingerprint density at radius 3 is 2.31 bits per heavy atom. The van der Waals surface area contributed by atoms with Gasteiger partial charge in [0, 0.05) is 0 Å². The summed E-state index contributed by atoms with van der Waals surface area (Å²) < 4.78 is 0. The fourth-order valence-electron chi connectivity index (χ4n) is 0.919. The Kier molecular flexibility index (Phi) is 2.49. The van der Waals surface area contributed by atoms with Crippen molar-refractivity contribution in [1.29, 1.82) is 0 Å². The fourth-order valence-corrected chi connectivity index (χ4v) is 0.919. The highest BCUT2D eigenvalue weighted by molar-refractivity contribution is 5.98. The van der Waals surface area contributed by atoms with Gasteiger partial charge >= 0.3 is 0 Å². The highest BCUT2D eigenvalue weighted by Crippen LogP contribution is 2.17. The number of carbonyl (C=O) groups is 1. The van der Waals surface area contributed by atoms with Crippen molar-refractivity contribution < 1.29 is 4.79 Å². The van der Waals surface area contributed by atoms with Gasteiger partial charge in [0.25, 0.3) is 5.91 Å². The normalized spacial score (nSPS) is 9.23. The summed E-state index contributed by atoms with van der Waals surface area (Å²) in [5, 5.41) is 0. The van der Waals surface area contributed by atoms with Crippen molar-refractivity contribution in [3.63, 3.8) is 0 Å². The zero-order chi connectivity index (χ0) is 9.84. The molecule has 5 heteroatoms. The van der Waals surface area contributed by atoms with Crippen molar-refractivity contribution in [3.8, 4) is 0 Å². The van der Waals surface area contributed by atoms with Crippen LogP contribution in [0.25, 0.3) is 0 Å². The number of hydrogen-bond donors (Lipinski definition) is 3. The van der Waals surface area contributed by atoms with Crippen LogP contribution in [0.3, 0.4) is 0 Å². The average Bonchev–Trinajstić information content (AvgIpc) is 2.03. The first-order valence-electron chi connectivity index (χ1n) is 3.59. The van der Waals surface area contributed by atoms with Gasteiger partial charge in [-0.3, -0.25) is 4.79 Å². The molecule has 13 heavy (non-hydrogen) atoms. The molecule has 1 rings (SSSR count). The minimum absolute atomic E-state index is 0.103. The maximum absolute atomic E-state index is 10.9. The summed E-state index contributed by atoms with van der Waals surface area (Å²) in [5.74, 6) is -0.658. The van der Waals surface area contributed by atoms with Crippen LogP contribution in [-0.4, -0.2) is 11.9 Å². The topological polar surface area (TPSA) is 107 Å². The van der Waals surface area contributed by atoms with Gasteiger partial charge in [-0.25, -0.2) is 4.99 Å². The molecule has 0 aliphatic heterocycles. The Morgan fingerprint density at radius 1 is 1.15 bits per heavy atom. The molecule has 0 unspecified atom stereocenters. The van der Waals surface area contributed by atoms with E-state index in [4.69, 9.17) is 17.2 Å². The zero-order valence-corrected chi connectivity index (χ0v) is 6.90. The number of para-hydroxylation sites is 1. The number of primary amides is 1. The number of benzene rings is 1. The molecular weight excluding hydrogens is 168 g/mol. The third-order valence-electron chi connectivity index (χ3n) is 1.42. The molecule has 0 heterocycles. The summed E-state index contributed by atoms with van der Waals surface area (Å²) in [6.07, 6.45) is 0. The molecular formula is C8H10N4O. The SMILES string of the molecule is NC(=O)c1ccccc1N=C(N)N. The number of hydrogen-bond acceptors (Lipinski definition) is 2. The van der Waals surface area contributed by atoms with Crippen molar-refractivity contribution >= 4 is 17.6 Å². The van der Waals surface area contributed by atoms with Crippen LogP contribution in [0.1, 0.15) is 10.4 Å². The fraction of sp³-hybridized carbons (Fsp3) is 0. The predicted molar refractivity (Wildman–Crippen MR) is 50.4 cm³/mol. The van der Waals surface area contributed by atoms with Gasteiger partial charge in [0.05, 0.1) is 11.3 Å². The number of nitrogens with two attached hydrogens (primary N) is 3. The molecule has 68 valence electrons. The number of aliphatic imine (C=N–C) groups is 1. The molecule has 0 saturated heterocycles. The number of guanidine groups is 1. The largest absolute Gasteiger partial charge is 0.370 e. The van der Waals surface area contributed by atoms with Crippen LogP contribution in [-0.2, 0) is 0 Å². The molecule has 0 atom stereocenters. The van der Waals surface area contributed by atoms with E-state index in [-0.39, 0.29) is 5.96 Å². The molecule has 0 fully saturated rings. The van der Waals surface area contributed by atoms with Crippen LogP contribution < -0.4 is 17.2 Å². The second-order valence-corrected chi connectivity index (χ2v) is 2.42. The lowest BCUT2D eigenvalue weighted by atomic mass is 10.2. The van der Waals surface area contributed by atoms with Gasteiger partial charge in [-0.1, -0.05) is 12.1 Å². The molecule has 0 spiro atoms. The number of nitrogens with zero attached hydrogens (tertiary/aromatic N) is 1. The first-order valence-corrected chi connectivity index (χ1v) is 3.59. The minimum atomic E-state index is -0.555. The Morgan fingerprint density at radius 2 is 1.77 bits per heavy atom. The number of amides is 1. The third-order valence-corrected chi connectivity index (χ3v) is 1.42. The minimum Gasteiger partial charge on any atom is -0.370 e. The summed E-state index contributed by atoms with van der Waals surface area (Å²) in [6, 6.07) is 6.57. The lowest BCUT2D eigenvalue weighted by Crippen LogP contribution is -2.22. The third kappa shape index (κ3) is 2.19. The molecule has 1 amide bonds. The summed E-state index contributed by atoms with van der Waals surface area (Å²) in [4.78, 5) is 14.6. The molecule has 0 bridgehead atoms.